The summed E-state index contributed by atoms with van der Waals surface area (Å²) in [5.74, 6) is -0.277. The average Bonchev–Trinajstić information content (AvgIpc) is 2.91. The van der Waals surface area contributed by atoms with Crippen LogP contribution in [0.25, 0.3) is 0 Å². The van der Waals surface area contributed by atoms with Gasteiger partial charge >= 0.3 is 0 Å². The lowest BCUT2D eigenvalue weighted by Gasteiger charge is -2.26. The van der Waals surface area contributed by atoms with Gasteiger partial charge in [-0.25, -0.2) is 0 Å². The number of carbonyl (C=O) groups is 1. The molecule has 3 rings (SSSR count). The molecular weight excluding hydrogens is 332 g/mol. The molecule has 0 aliphatic heterocycles. The number of hydrogen-bond donors (Lipinski definition) is 1. The van der Waals surface area contributed by atoms with Crippen LogP contribution in [0.2, 0.25) is 0 Å². The molecule has 0 spiro atoms. The first kappa shape index (κ1) is 18.3. The number of benzene rings is 2. The second-order valence-electron chi connectivity index (χ2n) is 6.23. The van der Waals surface area contributed by atoms with E-state index in [1.807, 2.05) is 60.7 Å². The molecule has 2 atom stereocenters. The van der Waals surface area contributed by atoms with E-state index < -0.39 is 11.7 Å². The van der Waals surface area contributed by atoms with Crippen molar-refractivity contribution in [2.24, 2.45) is 0 Å². The van der Waals surface area contributed by atoms with Crippen molar-refractivity contribution in [1.82, 2.24) is 0 Å². The van der Waals surface area contributed by atoms with E-state index >= 15 is 0 Å². The molecule has 0 amide bonds. The predicted octanol–water partition coefficient (Wildman–Crippen LogP) is 2.63. The van der Waals surface area contributed by atoms with Gasteiger partial charge in [0.05, 0.1) is 13.2 Å². The second kappa shape index (κ2) is 8.27. The normalized spacial score (nSPS) is 22.3. The monoisotopic (exact) mass is 354 g/mol. The molecule has 0 bridgehead atoms. The van der Waals surface area contributed by atoms with Gasteiger partial charge in [0, 0.05) is 7.11 Å². The molecule has 0 saturated carbocycles. The fourth-order valence-corrected chi connectivity index (χ4v) is 2.91. The zero-order chi connectivity index (χ0) is 18.4. The third kappa shape index (κ3) is 4.19. The number of Topliss-reactive ketones (excluding diaryl/α,β-unsaturated/α-hetero) is 1. The quantitative estimate of drug-likeness (QED) is 0.789. The Morgan fingerprint density at radius 2 is 1.54 bits per heavy atom. The van der Waals surface area contributed by atoms with Gasteiger partial charge in [-0.15, -0.1) is 0 Å². The zero-order valence-corrected chi connectivity index (χ0v) is 14.6. The highest BCUT2D eigenvalue weighted by Crippen LogP contribution is 2.30. The molecule has 1 aliphatic carbocycles. The van der Waals surface area contributed by atoms with Gasteiger partial charge in [-0.1, -0.05) is 60.7 Å². The highest BCUT2D eigenvalue weighted by atomic mass is 16.5. The fraction of sp³-hybridized carbons (Fsp3) is 0.286. The number of aliphatic hydroxyl groups is 1. The largest absolute Gasteiger partial charge is 0.485 e. The van der Waals surface area contributed by atoms with Crippen LogP contribution in [0.4, 0.5) is 0 Å². The number of carbonyl (C=O) groups excluding carboxylic acids is 1. The minimum atomic E-state index is -1.55. The van der Waals surface area contributed by atoms with Crippen LogP contribution >= 0.6 is 0 Å². The number of ketones is 1. The van der Waals surface area contributed by atoms with Gasteiger partial charge in [-0.05, 0) is 17.2 Å². The van der Waals surface area contributed by atoms with Gasteiger partial charge in [0.2, 0.25) is 5.78 Å². The molecule has 136 valence electrons. The molecule has 0 radical (unpaired) electrons. The van der Waals surface area contributed by atoms with E-state index in [2.05, 4.69) is 0 Å². The van der Waals surface area contributed by atoms with Gasteiger partial charge < -0.3 is 19.3 Å². The topological polar surface area (TPSA) is 65.0 Å². The molecule has 0 unspecified atom stereocenters. The van der Waals surface area contributed by atoms with Crippen molar-refractivity contribution in [3.8, 4) is 0 Å². The van der Waals surface area contributed by atoms with Crippen LogP contribution in [0.3, 0.4) is 0 Å². The van der Waals surface area contributed by atoms with E-state index in [1.54, 1.807) is 0 Å². The van der Waals surface area contributed by atoms with E-state index in [1.165, 1.54) is 13.2 Å². The molecule has 0 saturated heterocycles. The maximum Gasteiger partial charge on any atom is 0.229 e. The predicted molar refractivity (Wildman–Crippen MR) is 96.2 cm³/mol. The Hall–Kier alpha value is -2.47. The standard InChI is InChI=1S/C21H22O5/c1-24-20-19(22)18(26-14-17-10-6-3-7-11-17)12-21(20,23)15-25-13-16-8-4-2-5-9-16/h2-12,20,23H,13-15H2,1H3/t20-,21+/m1/s1. The maximum atomic E-state index is 12.5. The summed E-state index contributed by atoms with van der Waals surface area (Å²) in [6.07, 6.45) is 0.362. The lowest BCUT2D eigenvalue weighted by Crippen LogP contribution is -2.46. The second-order valence-corrected chi connectivity index (χ2v) is 6.23. The maximum absolute atomic E-state index is 12.5. The Labute approximate surface area is 152 Å². The summed E-state index contributed by atoms with van der Waals surface area (Å²) >= 11 is 0. The lowest BCUT2D eigenvalue weighted by molar-refractivity contribution is -0.143. The summed E-state index contributed by atoms with van der Waals surface area (Å²) in [7, 11) is 1.39. The molecule has 0 aromatic heterocycles. The first-order valence-electron chi connectivity index (χ1n) is 8.43. The van der Waals surface area contributed by atoms with E-state index in [0.717, 1.165) is 11.1 Å². The summed E-state index contributed by atoms with van der Waals surface area (Å²) in [5, 5.41) is 10.8. The van der Waals surface area contributed by atoms with E-state index in [0.29, 0.717) is 6.61 Å². The van der Waals surface area contributed by atoms with Crippen molar-refractivity contribution in [3.63, 3.8) is 0 Å². The van der Waals surface area contributed by atoms with Crippen LogP contribution < -0.4 is 0 Å². The Kier molecular flexibility index (Phi) is 5.83. The van der Waals surface area contributed by atoms with Crippen LogP contribution in [0.15, 0.2) is 72.5 Å². The molecule has 0 heterocycles. The summed E-state index contributed by atoms with van der Waals surface area (Å²) < 4.78 is 16.4. The van der Waals surface area contributed by atoms with Crippen LogP contribution in [-0.2, 0) is 32.2 Å². The summed E-state index contributed by atoms with van der Waals surface area (Å²) in [4.78, 5) is 12.5. The van der Waals surface area contributed by atoms with Crippen molar-refractivity contribution in [2.45, 2.75) is 24.9 Å². The Morgan fingerprint density at radius 3 is 2.12 bits per heavy atom. The molecule has 26 heavy (non-hydrogen) atoms. The summed E-state index contributed by atoms with van der Waals surface area (Å²) in [6.45, 7) is 0.516. The smallest absolute Gasteiger partial charge is 0.229 e. The summed E-state index contributed by atoms with van der Waals surface area (Å²) in [5.41, 5.74) is 0.372. The van der Waals surface area contributed by atoms with Gasteiger partial charge in [0.15, 0.2) is 11.9 Å². The molecule has 5 heteroatoms. The summed E-state index contributed by atoms with van der Waals surface area (Å²) in [6, 6.07) is 19.1. The van der Waals surface area contributed by atoms with Crippen LogP contribution in [0, 0.1) is 0 Å². The number of hydrogen-bond acceptors (Lipinski definition) is 5. The lowest BCUT2D eigenvalue weighted by atomic mass is 10.0. The molecule has 5 nitrogen and oxygen atoms in total. The van der Waals surface area contributed by atoms with Crippen LogP contribution in [0.5, 0.6) is 0 Å². The Balaban J connectivity index is 1.63. The van der Waals surface area contributed by atoms with Crippen molar-refractivity contribution < 1.29 is 24.1 Å². The molecular formula is C21H22O5. The van der Waals surface area contributed by atoms with Crippen LogP contribution in [0.1, 0.15) is 11.1 Å². The van der Waals surface area contributed by atoms with Crippen molar-refractivity contribution >= 4 is 5.78 Å². The Bertz CT molecular complexity index is 756. The van der Waals surface area contributed by atoms with E-state index in [-0.39, 0.29) is 24.8 Å². The van der Waals surface area contributed by atoms with Crippen molar-refractivity contribution in [3.05, 3.63) is 83.6 Å². The molecule has 2 aromatic rings. The molecule has 1 N–H and O–H groups in total. The SMILES string of the molecule is CO[C@@H]1C(=O)C(OCc2ccccc2)=C[C@]1(O)COCc1ccccc1. The fourth-order valence-electron chi connectivity index (χ4n) is 2.91. The average molecular weight is 354 g/mol. The Morgan fingerprint density at radius 1 is 0.962 bits per heavy atom. The van der Waals surface area contributed by atoms with Gasteiger partial charge in [-0.3, -0.25) is 4.79 Å². The van der Waals surface area contributed by atoms with Gasteiger partial charge in [0.25, 0.3) is 0 Å². The molecule has 1 aliphatic rings. The third-order valence-electron chi connectivity index (χ3n) is 4.23. The number of ether oxygens (including phenoxy) is 3. The molecule has 2 aromatic carbocycles. The minimum absolute atomic E-state index is 0.0651. The van der Waals surface area contributed by atoms with E-state index in [4.69, 9.17) is 14.2 Å². The number of methoxy groups -OCH3 is 1. The minimum Gasteiger partial charge on any atom is -0.485 e. The van der Waals surface area contributed by atoms with Gasteiger partial charge in [0.1, 0.15) is 12.2 Å². The highest BCUT2D eigenvalue weighted by molar-refractivity contribution is 6.01. The highest BCUT2D eigenvalue weighted by Gasteiger charge is 2.49. The van der Waals surface area contributed by atoms with Gasteiger partial charge in [-0.2, -0.15) is 0 Å². The zero-order valence-electron chi connectivity index (χ0n) is 14.6. The number of rotatable bonds is 8. The van der Waals surface area contributed by atoms with Crippen molar-refractivity contribution in [1.29, 1.82) is 0 Å². The molecule has 0 fully saturated rings. The first-order chi connectivity index (χ1) is 12.6. The van der Waals surface area contributed by atoms with E-state index in [9.17, 15) is 9.90 Å². The van der Waals surface area contributed by atoms with Crippen molar-refractivity contribution in [2.75, 3.05) is 13.7 Å². The van der Waals surface area contributed by atoms with Crippen LogP contribution in [-0.4, -0.2) is 36.3 Å². The first-order valence-corrected chi connectivity index (χ1v) is 8.43. The third-order valence-corrected chi connectivity index (χ3v) is 4.23.